The lowest BCUT2D eigenvalue weighted by atomic mass is 10.2. The fourth-order valence-electron chi connectivity index (χ4n) is 1.22. The highest BCUT2D eigenvalue weighted by Gasteiger charge is 2.15. The van der Waals surface area contributed by atoms with Gasteiger partial charge in [0, 0.05) is 0 Å². The molecule has 0 unspecified atom stereocenters. The van der Waals surface area contributed by atoms with Gasteiger partial charge in [-0.05, 0) is 24.6 Å². The fourth-order valence-corrected chi connectivity index (χ4v) is 1.22. The Kier molecular flexibility index (Phi) is 5.48. The first-order valence-corrected chi connectivity index (χ1v) is 5.46. The van der Waals surface area contributed by atoms with Crippen LogP contribution in [0, 0.1) is 5.82 Å². The highest BCUT2D eigenvalue weighted by Crippen LogP contribution is 2.19. The van der Waals surface area contributed by atoms with E-state index in [0.29, 0.717) is 6.42 Å². The number of ether oxygens (including phenoxy) is 2. The lowest BCUT2D eigenvalue weighted by Gasteiger charge is -2.08. The number of carbonyl (C=O) groups excluding carboxylic acids is 1. The van der Waals surface area contributed by atoms with Crippen molar-refractivity contribution in [2.75, 3.05) is 6.61 Å². The zero-order valence-electron chi connectivity index (χ0n) is 9.79. The topological polar surface area (TPSA) is 35.5 Å². The maximum absolute atomic E-state index is 13.3. The van der Waals surface area contributed by atoms with Crippen LogP contribution in [0.2, 0.25) is 0 Å². The van der Waals surface area contributed by atoms with Gasteiger partial charge in [0.05, 0.1) is 12.2 Å². The van der Waals surface area contributed by atoms with E-state index in [2.05, 4.69) is 4.74 Å². The minimum Gasteiger partial charge on any atom is -0.462 e. The molecule has 100 valence electrons. The summed E-state index contributed by atoms with van der Waals surface area (Å²) < 4.78 is 46.1. The SMILES string of the molecule is CCCCOC(=O)c1cc(OC(F)F)ccc1F. The molecular formula is C12H13F3O3. The first-order chi connectivity index (χ1) is 8.54. The summed E-state index contributed by atoms with van der Waals surface area (Å²) in [5.74, 6) is -2.01. The predicted molar refractivity (Wildman–Crippen MR) is 58.2 cm³/mol. The summed E-state index contributed by atoms with van der Waals surface area (Å²) in [4.78, 5) is 11.5. The van der Waals surface area contributed by atoms with Crippen molar-refractivity contribution in [1.82, 2.24) is 0 Å². The van der Waals surface area contributed by atoms with Gasteiger partial charge in [0.15, 0.2) is 0 Å². The van der Waals surface area contributed by atoms with Crippen LogP contribution >= 0.6 is 0 Å². The van der Waals surface area contributed by atoms with Gasteiger partial charge in [-0.25, -0.2) is 9.18 Å². The standard InChI is InChI=1S/C12H13F3O3/c1-2-3-6-17-11(16)9-7-8(18-12(14)15)4-5-10(9)13/h4-5,7,12H,2-3,6H2,1H3. The summed E-state index contributed by atoms with van der Waals surface area (Å²) in [7, 11) is 0. The van der Waals surface area contributed by atoms with E-state index in [-0.39, 0.29) is 12.4 Å². The summed E-state index contributed by atoms with van der Waals surface area (Å²) in [6, 6.07) is 2.80. The van der Waals surface area contributed by atoms with Gasteiger partial charge < -0.3 is 9.47 Å². The molecule has 0 radical (unpaired) electrons. The molecule has 0 heterocycles. The third-order valence-corrected chi connectivity index (χ3v) is 2.11. The molecule has 0 bridgehead atoms. The van der Waals surface area contributed by atoms with Gasteiger partial charge in [0.2, 0.25) is 0 Å². The third kappa shape index (κ3) is 4.27. The maximum Gasteiger partial charge on any atom is 0.387 e. The molecular weight excluding hydrogens is 249 g/mol. The zero-order valence-corrected chi connectivity index (χ0v) is 9.79. The van der Waals surface area contributed by atoms with Gasteiger partial charge in [-0.1, -0.05) is 13.3 Å². The van der Waals surface area contributed by atoms with Crippen molar-refractivity contribution in [3.8, 4) is 5.75 Å². The van der Waals surface area contributed by atoms with E-state index in [1.807, 2.05) is 6.92 Å². The molecule has 1 aromatic carbocycles. The molecule has 0 N–H and O–H groups in total. The first-order valence-electron chi connectivity index (χ1n) is 5.46. The van der Waals surface area contributed by atoms with Crippen LogP contribution in [0.5, 0.6) is 5.75 Å². The van der Waals surface area contributed by atoms with Gasteiger partial charge in [0.25, 0.3) is 0 Å². The lowest BCUT2D eigenvalue weighted by molar-refractivity contribution is -0.0499. The highest BCUT2D eigenvalue weighted by atomic mass is 19.3. The monoisotopic (exact) mass is 262 g/mol. The zero-order chi connectivity index (χ0) is 13.5. The Hall–Kier alpha value is -1.72. The Bertz CT molecular complexity index is 408. The molecule has 0 aromatic heterocycles. The quantitative estimate of drug-likeness (QED) is 0.582. The number of hydrogen-bond donors (Lipinski definition) is 0. The average Bonchev–Trinajstić information content (AvgIpc) is 2.31. The number of halogens is 3. The molecule has 0 aliphatic rings. The van der Waals surface area contributed by atoms with Crippen LogP contribution < -0.4 is 4.74 Å². The Labute approximate surface area is 103 Å². The van der Waals surface area contributed by atoms with Gasteiger partial charge in [-0.2, -0.15) is 8.78 Å². The van der Waals surface area contributed by atoms with Crippen LogP contribution in [0.25, 0.3) is 0 Å². The number of carbonyl (C=O) groups is 1. The van der Waals surface area contributed by atoms with E-state index in [1.54, 1.807) is 0 Å². The molecule has 6 heteroatoms. The summed E-state index contributed by atoms with van der Waals surface area (Å²) in [5.41, 5.74) is -0.413. The smallest absolute Gasteiger partial charge is 0.387 e. The average molecular weight is 262 g/mol. The minimum absolute atomic E-state index is 0.161. The number of esters is 1. The van der Waals surface area contributed by atoms with Crippen LogP contribution in [0.4, 0.5) is 13.2 Å². The summed E-state index contributed by atoms with van der Waals surface area (Å²) >= 11 is 0. The summed E-state index contributed by atoms with van der Waals surface area (Å²) in [5, 5.41) is 0. The van der Waals surface area contributed by atoms with Crippen molar-refractivity contribution in [2.24, 2.45) is 0 Å². The van der Waals surface area contributed by atoms with Crippen LogP contribution in [-0.4, -0.2) is 19.2 Å². The second kappa shape index (κ2) is 6.88. The number of hydrogen-bond acceptors (Lipinski definition) is 3. The number of unbranched alkanes of at least 4 members (excludes halogenated alkanes) is 1. The molecule has 0 fully saturated rings. The number of rotatable bonds is 6. The van der Waals surface area contributed by atoms with Gasteiger partial charge >= 0.3 is 12.6 Å². The molecule has 18 heavy (non-hydrogen) atoms. The van der Waals surface area contributed by atoms with Gasteiger partial charge in [0.1, 0.15) is 11.6 Å². The van der Waals surface area contributed by atoms with E-state index < -0.39 is 24.0 Å². The lowest BCUT2D eigenvalue weighted by Crippen LogP contribution is -2.10. The molecule has 0 aliphatic carbocycles. The van der Waals surface area contributed by atoms with Crippen molar-refractivity contribution >= 4 is 5.97 Å². The molecule has 3 nitrogen and oxygen atoms in total. The molecule has 0 spiro atoms. The predicted octanol–water partition coefficient (Wildman–Crippen LogP) is 3.38. The molecule has 0 atom stereocenters. The van der Waals surface area contributed by atoms with Crippen LogP contribution in [0.1, 0.15) is 30.1 Å². The van der Waals surface area contributed by atoms with Gasteiger partial charge in [-0.15, -0.1) is 0 Å². The molecule has 1 rings (SSSR count). The van der Waals surface area contributed by atoms with Crippen molar-refractivity contribution in [3.63, 3.8) is 0 Å². The van der Waals surface area contributed by atoms with Crippen LogP contribution in [0.3, 0.4) is 0 Å². The Morgan fingerprint density at radius 1 is 1.39 bits per heavy atom. The normalized spacial score (nSPS) is 10.5. The Morgan fingerprint density at radius 3 is 2.72 bits per heavy atom. The van der Waals surface area contributed by atoms with Gasteiger partial charge in [-0.3, -0.25) is 0 Å². The second-order valence-electron chi connectivity index (χ2n) is 3.51. The number of benzene rings is 1. The largest absolute Gasteiger partial charge is 0.462 e. The Morgan fingerprint density at radius 2 is 2.11 bits per heavy atom. The Balaban J connectivity index is 2.76. The number of alkyl halides is 2. The van der Waals surface area contributed by atoms with Crippen molar-refractivity contribution in [1.29, 1.82) is 0 Å². The molecule has 0 amide bonds. The van der Waals surface area contributed by atoms with E-state index in [1.165, 1.54) is 0 Å². The van der Waals surface area contributed by atoms with E-state index in [9.17, 15) is 18.0 Å². The fraction of sp³-hybridized carbons (Fsp3) is 0.417. The van der Waals surface area contributed by atoms with E-state index in [4.69, 9.17) is 4.74 Å². The van der Waals surface area contributed by atoms with Crippen LogP contribution in [0.15, 0.2) is 18.2 Å². The molecule has 0 saturated heterocycles. The van der Waals surface area contributed by atoms with Crippen molar-refractivity contribution in [2.45, 2.75) is 26.4 Å². The molecule has 0 saturated carbocycles. The first kappa shape index (κ1) is 14.3. The third-order valence-electron chi connectivity index (χ3n) is 2.11. The van der Waals surface area contributed by atoms with Crippen molar-refractivity contribution in [3.05, 3.63) is 29.6 Å². The summed E-state index contributed by atoms with van der Waals surface area (Å²) in [6.07, 6.45) is 1.48. The molecule has 0 aliphatic heterocycles. The van der Waals surface area contributed by atoms with Crippen molar-refractivity contribution < 1.29 is 27.4 Å². The minimum atomic E-state index is -3.03. The van der Waals surface area contributed by atoms with E-state index in [0.717, 1.165) is 24.6 Å². The second-order valence-corrected chi connectivity index (χ2v) is 3.51. The maximum atomic E-state index is 13.3. The van der Waals surface area contributed by atoms with Crippen LogP contribution in [-0.2, 0) is 4.74 Å². The van der Waals surface area contributed by atoms with E-state index >= 15 is 0 Å². The molecule has 1 aromatic rings. The summed E-state index contributed by atoms with van der Waals surface area (Å²) in [6.45, 7) is -0.959. The highest BCUT2D eigenvalue weighted by molar-refractivity contribution is 5.90.